The van der Waals surface area contributed by atoms with Gasteiger partial charge in [0, 0.05) is 24.3 Å². The van der Waals surface area contributed by atoms with E-state index < -0.39 is 26.9 Å². The molecule has 0 saturated carbocycles. The average Bonchev–Trinajstić information content (AvgIpc) is 2.40. The zero-order valence-electron chi connectivity index (χ0n) is 11.3. The maximum Gasteiger partial charge on any atom is 0.257 e. The minimum absolute atomic E-state index is 0.0643. The quantitative estimate of drug-likeness (QED) is 0.833. The van der Waals surface area contributed by atoms with Gasteiger partial charge >= 0.3 is 0 Å². The lowest BCUT2D eigenvalue weighted by Gasteiger charge is -2.34. The van der Waals surface area contributed by atoms with Gasteiger partial charge in [-0.2, -0.15) is 11.8 Å². The number of benzene rings is 1. The molecule has 20 heavy (non-hydrogen) atoms. The molecule has 0 aliphatic carbocycles. The van der Waals surface area contributed by atoms with Crippen molar-refractivity contribution in [2.45, 2.75) is 12.3 Å². The molecule has 0 N–H and O–H groups in total. The number of hydrogen-bond acceptors (Lipinski definition) is 4. The third-order valence-corrected chi connectivity index (χ3v) is 5.91. The van der Waals surface area contributed by atoms with Crippen molar-refractivity contribution in [1.29, 1.82) is 0 Å². The first-order valence-electron chi connectivity index (χ1n) is 6.15. The van der Waals surface area contributed by atoms with E-state index in [1.54, 1.807) is 19.1 Å². The second-order valence-electron chi connectivity index (χ2n) is 4.79. The van der Waals surface area contributed by atoms with Crippen LogP contribution in [0, 0.1) is 12.7 Å². The van der Waals surface area contributed by atoms with Crippen LogP contribution in [0.25, 0.3) is 0 Å². The number of carbonyl (C=O) groups is 1. The Balaban J connectivity index is 2.38. The van der Waals surface area contributed by atoms with Gasteiger partial charge in [-0.25, -0.2) is 12.8 Å². The highest BCUT2D eigenvalue weighted by Gasteiger charge is 2.35. The summed E-state index contributed by atoms with van der Waals surface area (Å²) < 4.78 is 37.6. The van der Waals surface area contributed by atoms with Crippen LogP contribution >= 0.6 is 11.8 Å². The van der Waals surface area contributed by atoms with Gasteiger partial charge in [-0.3, -0.25) is 4.79 Å². The number of nitrogens with zero attached hydrogens (tertiary/aromatic N) is 1. The SMILES string of the molecule is Cc1cccc(C(=O)N2CCSCC2S(C)(=O)=O)c1F. The summed E-state index contributed by atoms with van der Waals surface area (Å²) in [5.41, 5.74) is 0.309. The molecule has 1 amide bonds. The highest BCUT2D eigenvalue weighted by atomic mass is 32.2. The van der Waals surface area contributed by atoms with E-state index in [4.69, 9.17) is 0 Å². The number of thioether (sulfide) groups is 1. The Morgan fingerprint density at radius 1 is 1.45 bits per heavy atom. The van der Waals surface area contributed by atoms with Crippen LogP contribution in [-0.4, -0.2) is 48.9 Å². The summed E-state index contributed by atoms with van der Waals surface area (Å²) >= 11 is 1.49. The Labute approximate surface area is 122 Å². The van der Waals surface area contributed by atoms with Crippen molar-refractivity contribution >= 4 is 27.5 Å². The number of carbonyl (C=O) groups excluding carboxylic acids is 1. The fourth-order valence-electron chi connectivity index (χ4n) is 2.14. The van der Waals surface area contributed by atoms with Gasteiger partial charge in [0.05, 0.1) is 5.56 Å². The van der Waals surface area contributed by atoms with Gasteiger partial charge in [-0.1, -0.05) is 12.1 Å². The van der Waals surface area contributed by atoms with Gasteiger partial charge in [-0.15, -0.1) is 0 Å². The molecule has 1 fully saturated rings. The van der Waals surface area contributed by atoms with Crippen molar-refractivity contribution in [3.05, 3.63) is 35.1 Å². The molecule has 2 rings (SSSR count). The lowest BCUT2D eigenvalue weighted by molar-refractivity contribution is 0.0744. The first kappa shape index (κ1) is 15.3. The van der Waals surface area contributed by atoms with Gasteiger partial charge in [0.15, 0.2) is 9.84 Å². The van der Waals surface area contributed by atoms with Gasteiger partial charge in [0.25, 0.3) is 5.91 Å². The summed E-state index contributed by atoms with van der Waals surface area (Å²) in [4.78, 5) is 13.7. The topological polar surface area (TPSA) is 54.5 Å². The molecule has 4 nitrogen and oxygen atoms in total. The van der Waals surface area contributed by atoms with Crippen LogP contribution in [0.5, 0.6) is 0 Å². The van der Waals surface area contributed by atoms with E-state index in [9.17, 15) is 17.6 Å². The van der Waals surface area contributed by atoms with E-state index in [1.807, 2.05) is 0 Å². The van der Waals surface area contributed by atoms with E-state index in [0.717, 1.165) is 6.26 Å². The predicted molar refractivity (Wildman–Crippen MR) is 78.1 cm³/mol. The zero-order chi connectivity index (χ0) is 14.9. The molecule has 1 saturated heterocycles. The molecule has 7 heteroatoms. The molecule has 110 valence electrons. The van der Waals surface area contributed by atoms with E-state index >= 15 is 0 Å². The number of halogens is 1. The van der Waals surface area contributed by atoms with Crippen molar-refractivity contribution in [1.82, 2.24) is 4.90 Å². The normalized spacial score (nSPS) is 19.9. The van der Waals surface area contributed by atoms with Crippen molar-refractivity contribution in [3.8, 4) is 0 Å². The van der Waals surface area contributed by atoms with Crippen LogP contribution in [0.1, 0.15) is 15.9 Å². The molecule has 1 aliphatic rings. The molecule has 0 radical (unpaired) electrons. The maximum absolute atomic E-state index is 14.0. The fraction of sp³-hybridized carbons (Fsp3) is 0.462. The molecule has 0 bridgehead atoms. The lowest BCUT2D eigenvalue weighted by Crippen LogP contribution is -2.50. The van der Waals surface area contributed by atoms with E-state index in [0.29, 0.717) is 23.6 Å². The van der Waals surface area contributed by atoms with Crippen molar-refractivity contribution in [2.75, 3.05) is 24.3 Å². The minimum atomic E-state index is -3.39. The monoisotopic (exact) mass is 317 g/mol. The largest absolute Gasteiger partial charge is 0.320 e. The Bertz CT molecular complexity index is 631. The van der Waals surface area contributed by atoms with E-state index in [2.05, 4.69) is 0 Å². The second-order valence-corrected chi connectivity index (χ2v) is 8.15. The Kier molecular flexibility index (Phi) is 4.39. The molecule has 0 aromatic heterocycles. The molecule has 1 aromatic rings. The van der Waals surface area contributed by atoms with Gasteiger partial charge in [0.1, 0.15) is 11.2 Å². The highest BCUT2D eigenvalue weighted by Crippen LogP contribution is 2.24. The summed E-state index contributed by atoms with van der Waals surface area (Å²) in [6, 6.07) is 4.57. The van der Waals surface area contributed by atoms with Crippen molar-refractivity contribution in [2.24, 2.45) is 0 Å². The second kappa shape index (κ2) is 5.73. The van der Waals surface area contributed by atoms with Crippen LogP contribution in [-0.2, 0) is 9.84 Å². The molecule has 1 aliphatic heterocycles. The Morgan fingerprint density at radius 2 is 2.15 bits per heavy atom. The summed E-state index contributed by atoms with van der Waals surface area (Å²) in [5, 5.41) is -0.881. The van der Waals surface area contributed by atoms with Crippen LogP contribution in [0.3, 0.4) is 0 Å². The molecular formula is C13H16FNO3S2. The molecule has 1 aromatic carbocycles. The van der Waals surface area contributed by atoms with Gasteiger partial charge in [0.2, 0.25) is 0 Å². The van der Waals surface area contributed by atoms with Gasteiger partial charge in [-0.05, 0) is 18.6 Å². The van der Waals surface area contributed by atoms with Crippen LogP contribution < -0.4 is 0 Å². The first-order valence-corrected chi connectivity index (χ1v) is 9.26. The fourth-order valence-corrected chi connectivity index (χ4v) is 4.95. The van der Waals surface area contributed by atoms with E-state index in [-0.39, 0.29) is 5.56 Å². The number of amides is 1. The number of sulfone groups is 1. The van der Waals surface area contributed by atoms with Crippen molar-refractivity contribution in [3.63, 3.8) is 0 Å². The molecule has 1 atom stereocenters. The van der Waals surface area contributed by atoms with Crippen molar-refractivity contribution < 1.29 is 17.6 Å². The molecule has 1 unspecified atom stereocenters. The van der Waals surface area contributed by atoms with Gasteiger partial charge < -0.3 is 4.90 Å². The summed E-state index contributed by atoms with van der Waals surface area (Å²) in [5.74, 6) is -0.145. The lowest BCUT2D eigenvalue weighted by atomic mass is 10.1. The Hall–Kier alpha value is -1.08. The number of aryl methyl sites for hydroxylation is 1. The maximum atomic E-state index is 14.0. The molecular weight excluding hydrogens is 301 g/mol. The summed E-state index contributed by atoms with van der Waals surface area (Å²) in [6.07, 6.45) is 1.11. The third kappa shape index (κ3) is 2.98. The van der Waals surface area contributed by atoms with Crippen LogP contribution in [0.2, 0.25) is 0 Å². The zero-order valence-corrected chi connectivity index (χ0v) is 12.9. The smallest absolute Gasteiger partial charge is 0.257 e. The number of rotatable bonds is 2. The number of hydrogen-bond donors (Lipinski definition) is 0. The summed E-state index contributed by atoms with van der Waals surface area (Å²) in [7, 11) is -3.39. The first-order chi connectivity index (χ1) is 9.32. The van der Waals surface area contributed by atoms with Crippen LogP contribution in [0.4, 0.5) is 4.39 Å². The standard InChI is InChI=1S/C13H16FNO3S2/c1-9-4-3-5-10(12(9)14)13(16)15-6-7-19-8-11(15)20(2,17)18/h3-5,11H,6-8H2,1-2H3. The Morgan fingerprint density at radius 3 is 2.80 bits per heavy atom. The highest BCUT2D eigenvalue weighted by molar-refractivity contribution is 8.00. The van der Waals surface area contributed by atoms with Crippen LogP contribution in [0.15, 0.2) is 18.2 Å². The van der Waals surface area contributed by atoms with E-state index in [1.165, 1.54) is 22.7 Å². The molecule has 0 spiro atoms. The average molecular weight is 317 g/mol. The molecule has 1 heterocycles. The minimum Gasteiger partial charge on any atom is -0.320 e. The summed E-state index contributed by atoms with van der Waals surface area (Å²) in [6.45, 7) is 1.89. The predicted octanol–water partition coefficient (Wildman–Crippen LogP) is 1.69. The third-order valence-electron chi connectivity index (χ3n) is 3.26.